The maximum absolute atomic E-state index is 10.3. The fourth-order valence-corrected chi connectivity index (χ4v) is 1.01. The van der Waals surface area contributed by atoms with Crippen molar-refractivity contribution < 1.29 is 9.59 Å². The van der Waals surface area contributed by atoms with Gasteiger partial charge in [-0.2, -0.15) is 0 Å². The Morgan fingerprint density at radius 2 is 1.83 bits per heavy atom. The van der Waals surface area contributed by atoms with Gasteiger partial charge in [0.05, 0.1) is 10.4 Å². The van der Waals surface area contributed by atoms with E-state index in [4.69, 9.17) is 11.6 Å². The van der Waals surface area contributed by atoms with Crippen LogP contribution in [0.4, 0.5) is 0 Å². The zero-order valence-electron chi connectivity index (χ0n) is 6.13. The van der Waals surface area contributed by atoms with E-state index in [1.165, 1.54) is 12.1 Å². The molecule has 0 aromatic heterocycles. The molecule has 0 heterocycles. The molecule has 0 radical (unpaired) electrons. The summed E-state index contributed by atoms with van der Waals surface area (Å²) >= 11 is 5.52. The van der Waals surface area contributed by atoms with Gasteiger partial charge in [-0.15, -0.1) is 11.6 Å². The van der Waals surface area contributed by atoms with Crippen LogP contribution in [-0.2, 0) is 15.5 Å². The van der Waals surface area contributed by atoms with E-state index in [1.54, 1.807) is 17.9 Å². The second-order valence-electron chi connectivity index (χ2n) is 2.22. The van der Waals surface area contributed by atoms with Crippen molar-refractivity contribution in [3.63, 3.8) is 0 Å². The molecule has 1 aromatic carbocycles. The lowest BCUT2D eigenvalue weighted by atomic mass is 10.2. The molecule has 0 aliphatic rings. The lowest BCUT2D eigenvalue weighted by molar-refractivity contribution is 0.564. The van der Waals surface area contributed by atoms with Crippen LogP contribution in [0, 0.1) is 0 Å². The minimum absolute atomic E-state index is 0.211. The standard InChI is InChI=1S/C9H5ClO2/c10-4-7-1-2-8(5-11)9(3-7)6-12/h1-3H,4H2. The molecular formula is C9H5ClO2. The Morgan fingerprint density at radius 1 is 1.17 bits per heavy atom. The highest BCUT2D eigenvalue weighted by Crippen LogP contribution is 1.95. The Hall–Kier alpha value is -1.33. The summed E-state index contributed by atoms with van der Waals surface area (Å²) in [5.74, 6) is 3.61. The Morgan fingerprint density at radius 3 is 2.33 bits per heavy atom. The molecule has 3 heteroatoms. The van der Waals surface area contributed by atoms with Gasteiger partial charge in [0.1, 0.15) is 11.9 Å². The molecule has 2 nitrogen and oxygen atoms in total. The van der Waals surface area contributed by atoms with Gasteiger partial charge in [0, 0.05) is 5.88 Å². The molecule has 1 rings (SSSR count). The van der Waals surface area contributed by atoms with Gasteiger partial charge in [-0.25, -0.2) is 9.59 Å². The van der Waals surface area contributed by atoms with Crippen LogP contribution in [0.2, 0.25) is 0 Å². The molecular weight excluding hydrogens is 176 g/mol. The third-order valence-electron chi connectivity index (χ3n) is 1.46. The maximum atomic E-state index is 10.3. The fraction of sp³-hybridized carbons (Fsp3) is 0.111. The van der Waals surface area contributed by atoms with Crippen molar-refractivity contribution >= 4 is 23.5 Å². The largest absolute Gasteiger partial charge is 0.233 e. The number of halogens is 1. The van der Waals surface area contributed by atoms with Crippen LogP contribution >= 0.6 is 11.6 Å². The average molecular weight is 181 g/mol. The minimum atomic E-state index is 0.211. The third kappa shape index (κ3) is 1.63. The summed E-state index contributed by atoms with van der Waals surface area (Å²) in [7, 11) is 0. The first-order valence-corrected chi connectivity index (χ1v) is 3.80. The zero-order chi connectivity index (χ0) is 8.97. The summed E-state index contributed by atoms with van der Waals surface area (Å²) in [6.45, 7) is 0. The molecule has 0 spiro atoms. The predicted molar refractivity (Wildman–Crippen MR) is 44.8 cm³/mol. The third-order valence-corrected chi connectivity index (χ3v) is 1.77. The van der Waals surface area contributed by atoms with Crippen LogP contribution in [0.3, 0.4) is 0 Å². The zero-order valence-corrected chi connectivity index (χ0v) is 6.89. The van der Waals surface area contributed by atoms with Gasteiger partial charge in [-0.1, -0.05) is 6.07 Å². The van der Waals surface area contributed by atoms with Crippen LogP contribution in [-0.4, -0.2) is 11.9 Å². The van der Waals surface area contributed by atoms with Crippen molar-refractivity contribution in [2.24, 2.45) is 0 Å². The normalized spacial score (nSPS) is 8.75. The highest BCUT2D eigenvalue weighted by atomic mass is 35.5. The highest BCUT2D eigenvalue weighted by Gasteiger charge is 1.91. The molecule has 0 N–H and O–H groups in total. The molecule has 0 fully saturated rings. The summed E-state index contributed by atoms with van der Waals surface area (Å²) in [6, 6.07) is 4.71. The Balaban J connectivity index is 3.64. The molecule has 0 aliphatic carbocycles. The molecule has 0 saturated carbocycles. The van der Waals surface area contributed by atoms with Crippen molar-refractivity contribution in [3.05, 3.63) is 34.2 Å². The minimum Gasteiger partial charge on any atom is -0.233 e. The summed E-state index contributed by atoms with van der Waals surface area (Å²) in [6.07, 6.45) is 0. The lowest BCUT2D eigenvalue weighted by Crippen LogP contribution is -2.27. The van der Waals surface area contributed by atoms with E-state index in [0.717, 1.165) is 5.56 Å². The topological polar surface area (TPSA) is 34.1 Å². The van der Waals surface area contributed by atoms with Crippen LogP contribution in [0.5, 0.6) is 0 Å². The van der Waals surface area contributed by atoms with Gasteiger partial charge in [0.15, 0.2) is 0 Å². The van der Waals surface area contributed by atoms with Crippen LogP contribution in [0.15, 0.2) is 18.2 Å². The smallest absolute Gasteiger partial charge is 0.133 e. The van der Waals surface area contributed by atoms with Gasteiger partial charge in [-0.3, -0.25) is 0 Å². The number of carbonyl (C=O) groups excluding carboxylic acids is 2. The van der Waals surface area contributed by atoms with E-state index in [-0.39, 0.29) is 10.4 Å². The monoisotopic (exact) mass is 180 g/mol. The van der Waals surface area contributed by atoms with Crippen molar-refractivity contribution in [2.75, 3.05) is 0 Å². The number of hydrogen-bond donors (Lipinski definition) is 0. The van der Waals surface area contributed by atoms with E-state index in [9.17, 15) is 9.59 Å². The number of alkyl halides is 1. The highest BCUT2D eigenvalue weighted by molar-refractivity contribution is 6.17. The summed E-state index contributed by atoms with van der Waals surface area (Å²) in [4.78, 5) is 20.6. The SMILES string of the molecule is O=C=c1ccc(CCl)cc1=C=O. The number of rotatable bonds is 1. The fourth-order valence-electron chi connectivity index (χ4n) is 0.848. The first kappa shape index (κ1) is 8.76. The van der Waals surface area contributed by atoms with Crippen molar-refractivity contribution in [3.8, 4) is 0 Å². The first-order valence-electron chi connectivity index (χ1n) is 3.27. The summed E-state index contributed by atoms with van der Waals surface area (Å²) in [5, 5.41) is 0.432. The Labute approximate surface area is 73.8 Å². The Bertz CT molecular complexity index is 440. The van der Waals surface area contributed by atoms with Crippen LogP contribution in [0.1, 0.15) is 5.56 Å². The average Bonchev–Trinajstić information content (AvgIpc) is 2.16. The molecule has 0 bridgehead atoms. The summed E-state index contributed by atoms with van der Waals surface area (Å²) < 4.78 is 0. The molecule has 0 saturated heterocycles. The second-order valence-corrected chi connectivity index (χ2v) is 2.48. The quantitative estimate of drug-likeness (QED) is 0.543. The molecule has 0 amide bonds. The molecule has 0 atom stereocenters. The summed E-state index contributed by atoms with van der Waals surface area (Å²) in [5.41, 5.74) is 0.786. The van der Waals surface area contributed by atoms with E-state index in [2.05, 4.69) is 0 Å². The van der Waals surface area contributed by atoms with Crippen molar-refractivity contribution in [1.29, 1.82) is 0 Å². The number of hydrogen-bond acceptors (Lipinski definition) is 2. The van der Waals surface area contributed by atoms with E-state index < -0.39 is 0 Å². The molecule has 1 aromatic rings. The molecule has 0 aliphatic heterocycles. The molecule has 60 valence electrons. The first-order chi connectivity index (χ1) is 5.81. The predicted octanol–water partition coefficient (Wildman–Crippen LogP) is -0.568. The van der Waals surface area contributed by atoms with Crippen molar-refractivity contribution in [2.45, 2.75) is 5.88 Å². The van der Waals surface area contributed by atoms with Crippen molar-refractivity contribution in [1.82, 2.24) is 0 Å². The second kappa shape index (κ2) is 3.89. The van der Waals surface area contributed by atoms with Gasteiger partial charge in [-0.05, 0) is 17.7 Å². The van der Waals surface area contributed by atoms with E-state index >= 15 is 0 Å². The van der Waals surface area contributed by atoms with Crippen LogP contribution < -0.4 is 10.4 Å². The Kier molecular flexibility index (Phi) is 2.84. The molecule has 0 unspecified atom stereocenters. The lowest BCUT2D eigenvalue weighted by Gasteiger charge is -1.90. The maximum Gasteiger partial charge on any atom is 0.133 e. The number of benzene rings is 1. The van der Waals surface area contributed by atoms with Gasteiger partial charge in [0.2, 0.25) is 0 Å². The van der Waals surface area contributed by atoms with E-state index in [1.807, 2.05) is 0 Å². The van der Waals surface area contributed by atoms with Gasteiger partial charge in [0.25, 0.3) is 0 Å². The molecule has 12 heavy (non-hydrogen) atoms. The van der Waals surface area contributed by atoms with E-state index in [0.29, 0.717) is 5.88 Å². The van der Waals surface area contributed by atoms with Gasteiger partial charge < -0.3 is 0 Å². The van der Waals surface area contributed by atoms with Crippen LogP contribution in [0.25, 0.3) is 0 Å². The van der Waals surface area contributed by atoms with Gasteiger partial charge >= 0.3 is 0 Å².